The molecule has 120 valence electrons. The predicted molar refractivity (Wildman–Crippen MR) is 88.6 cm³/mol. The minimum atomic E-state index is 0.0550. The SMILES string of the molecule is Cc1cc(C)n(CCCNC(=O)CCn2ncc(Br)c2C)n1. The summed E-state index contributed by atoms with van der Waals surface area (Å²) in [7, 11) is 0. The van der Waals surface area contributed by atoms with Gasteiger partial charge in [0.15, 0.2) is 0 Å². The maximum atomic E-state index is 11.8. The van der Waals surface area contributed by atoms with E-state index in [2.05, 4.69) is 37.5 Å². The second-order valence-corrected chi connectivity index (χ2v) is 6.26. The number of rotatable bonds is 7. The lowest BCUT2D eigenvalue weighted by Gasteiger charge is -2.07. The fraction of sp³-hybridized carbons (Fsp3) is 0.533. The lowest BCUT2D eigenvalue weighted by Crippen LogP contribution is -2.26. The molecule has 0 aliphatic carbocycles. The van der Waals surface area contributed by atoms with E-state index in [1.165, 1.54) is 0 Å². The fourth-order valence-corrected chi connectivity index (χ4v) is 2.60. The van der Waals surface area contributed by atoms with Gasteiger partial charge in [-0.05, 0) is 49.2 Å². The van der Waals surface area contributed by atoms with E-state index in [9.17, 15) is 4.79 Å². The Hall–Kier alpha value is -1.63. The van der Waals surface area contributed by atoms with Crippen molar-refractivity contribution in [2.45, 2.75) is 46.7 Å². The van der Waals surface area contributed by atoms with Gasteiger partial charge in [0, 0.05) is 37.4 Å². The Morgan fingerprint density at radius 1 is 1.27 bits per heavy atom. The van der Waals surface area contributed by atoms with Gasteiger partial charge in [-0.25, -0.2) is 0 Å². The van der Waals surface area contributed by atoms with Crippen molar-refractivity contribution in [2.24, 2.45) is 0 Å². The Balaban J connectivity index is 1.66. The molecule has 7 heteroatoms. The monoisotopic (exact) mass is 367 g/mol. The molecule has 2 aromatic rings. The average molecular weight is 368 g/mol. The smallest absolute Gasteiger partial charge is 0.221 e. The molecule has 1 amide bonds. The van der Waals surface area contributed by atoms with Crippen molar-refractivity contribution in [2.75, 3.05) is 6.54 Å². The van der Waals surface area contributed by atoms with E-state index in [0.29, 0.717) is 19.5 Å². The highest BCUT2D eigenvalue weighted by atomic mass is 79.9. The molecule has 0 aliphatic heterocycles. The number of nitrogens with zero attached hydrogens (tertiary/aromatic N) is 4. The van der Waals surface area contributed by atoms with Crippen LogP contribution in [0, 0.1) is 20.8 Å². The molecule has 0 saturated carbocycles. The second-order valence-electron chi connectivity index (χ2n) is 5.40. The lowest BCUT2D eigenvalue weighted by atomic mass is 10.3. The van der Waals surface area contributed by atoms with Gasteiger partial charge in [0.2, 0.25) is 5.91 Å². The van der Waals surface area contributed by atoms with Crippen LogP contribution in [0.4, 0.5) is 0 Å². The highest BCUT2D eigenvalue weighted by molar-refractivity contribution is 9.10. The van der Waals surface area contributed by atoms with Crippen LogP contribution in [0.1, 0.15) is 29.9 Å². The van der Waals surface area contributed by atoms with Gasteiger partial charge in [0.25, 0.3) is 0 Å². The zero-order valence-electron chi connectivity index (χ0n) is 13.3. The lowest BCUT2D eigenvalue weighted by molar-refractivity contribution is -0.121. The first kappa shape index (κ1) is 16.7. The Morgan fingerprint density at radius 2 is 2.05 bits per heavy atom. The van der Waals surface area contributed by atoms with Gasteiger partial charge in [-0.2, -0.15) is 10.2 Å². The molecule has 2 aromatic heterocycles. The summed E-state index contributed by atoms with van der Waals surface area (Å²) in [5.41, 5.74) is 3.23. The summed E-state index contributed by atoms with van der Waals surface area (Å²) in [6.07, 6.45) is 3.07. The van der Waals surface area contributed by atoms with Crippen LogP contribution in [0.3, 0.4) is 0 Å². The largest absolute Gasteiger partial charge is 0.356 e. The Morgan fingerprint density at radius 3 is 2.64 bits per heavy atom. The number of hydrogen-bond donors (Lipinski definition) is 1. The van der Waals surface area contributed by atoms with Crippen LogP contribution in [0.15, 0.2) is 16.7 Å². The number of carbonyl (C=O) groups excluding carboxylic acids is 1. The van der Waals surface area contributed by atoms with Crippen molar-refractivity contribution in [3.63, 3.8) is 0 Å². The van der Waals surface area contributed by atoms with E-state index in [1.807, 2.05) is 30.1 Å². The van der Waals surface area contributed by atoms with Gasteiger partial charge in [0.05, 0.1) is 16.4 Å². The molecule has 0 fully saturated rings. The van der Waals surface area contributed by atoms with E-state index in [4.69, 9.17) is 0 Å². The van der Waals surface area contributed by atoms with E-state index in [-0.39, 0.29) is 5.91 Å². The maximum absolute atomic E-state index is 11.8. The minimum Gasteiger partial charge on any atom is -0.356 e. The molecule has 0 bridgehead atoms. The van der Waals surface area contributed by atoms with Crippen molar-refractivity contribution < 1.29 is 4.79 Å². The van der Waals surface area contributed by atoms with Gasteiger partial charge in [-0.3, -0.25) is 14.2 Å². The Bertz CT molecular complexity index is 646. The zero-order chi connectivity index (χ0) is 16.1. The highest BCUT2D eigenvalue weighted by Crippen LogP contribution is 2.14. The summed E-state index contributed by atoms with van der Waals surface area (Å²) in [5.74, 6) is 0.0550. The van der Waals surface area contributed by atoms with Crippen molar-refractivity contribution in [3.8, 4) is 0 Å². The molecule has 6 nitrogen and oxygen atoms in total. The molecular weight excluding hydrogens is 346 g/mol. The molecule has 0 unspecified atom stereocenters. The molecule has 2 rings (SSSR count). The molecule has 0 aliphatic rings. The van der Waals surface area contributed by atoms with Crippen LogP contribution in [-0.4, -0.2) is 32.0 Å². The van der Waals surface area contributed by atoms with Crippen LogP contribution in [0.25, 0.3) is 0 Å². The van der Waals surface area contributed by atoms with Gasteiger partial charge in [-0.15, -0.1) is 0 Å². The third-order valence-electron chi connectivity index (χ3n) is 3.57. The van der Waals surface area contributed by atoms with Gasteiger partial charge in [-0.1, -0.05) is 0 Å². The first-order valence-corrected chi connectivity index (χ1v) is 8.22. The number of aryl methyl sites for hydroxylation is 4. The van der Waals surface area contributed by atoms with Crippen LogP contribution < -0.4 is 5.32 Å². The summed E-state index contributed by atoms with van der Waals surface area (Å²) in [4.78, 5) is 11.8. The zero-order valence-corrected chi connectivity index (χ0v) is 14.9. The fourth-order valence-electron chi connectivity index (χ4n) is 2.30. The molecule has 0 radical (unpaired) electrons. The number of halogens is 1. The first-order valence-electron chi connectivity index (χ1n) is 7.43. The summed E-state index contributed by atoms with van der Waals surface area (Å²) in [5, 5.41) is 11.6. The molecule has 0 aromatic carbocycles. The average Bonchev–Trinajstić information content (AvgIpc) is 2.96. The predicted octanol–water partition coefficient (Wildman–Crippen LogP) is 2.36. The molecule has 22 heavy (non-hydrogen) atoms. The normalized spacial score (nSPS) is 10.9. The summed E-state index contributed by atoms with van der Waals surface area (Å²) >= 11 is 3.41. The molecule has 2 heterocycles. The molecule has 0 atom stereocenters. The van der Waals surface area contributed by atoms with Crippen LogP contribution in [0.2, 0.25) is 0 Å². The summed E-state index contributed by atoms with van der Waals surface area (Å²) in [6.45, 7) is 8.10. The van der Waals surface area contributed by atoms with E-state index < -0.39 is 0 Å². The standard InChI is InChI=1S/C15H22BrN5O/c1-11-9-12(2)20(19-11)7-4-6-17-15(22)5-8-21-13(3)14(16)10-18-21/h9-10H,4-8H2,1-3H3,(H,17,22). The maximum Gasteiger partial charge on any atom is 0.221 e. The molecular formula is C15H22BrN5O. The number of amides is 1. The third kappa shape index (κ3) is 4.43. The quantitative estimate of drug-likeness (QED) is 0.764. The van der Waals surface area contributed by atoms with Crippen molar-refractivity contribution >= 4 is 21.8 Å². The number of carbonyl (C=O) groups is 1. The Kier molecular flexibility index (Phi) is 5.76. The molecule has 0 spiro atoms. The third-order valence-corrected chi connectivity index (χ3v) is 4.34. The van der Waals surface area contributed by atoms with Crippen molar-refractivity contribution in [1.82, 2.24) is 24.9 Å². The van der Waals surface area contributed by atoms with Gasteiger partial charge < -0.3 is 5.32 Å². The topological polar surface area (TPSA) is 64.7 Å². The summed E-state index contributed by atoms with van der Waals surface area (Å²) < 4.78 is 4.78. The Labute approximate surface area is 139 Å². The van der Waals surface area contributed by atoms with Crippen LogP contribution in [0.5, 0.6) is 0 Å². The van der Waals surface area contributed by atoms with Crippen LogP contribution in [-0.2, 0) is 17.9 Å². The number of nitrogens with one attached hydrogen (secondary N) is 1. The van der Waals surface area contributed by atoms with Crippen molar-refractivity contribution in [3.05, 3.63) is 33.8 Å². The van der Waals surface area contributed by atoms with Gasteiger partial charge >= 0.3 is 0 Å². The highest BCUT2D eigenvalue weighted by Gasteiger charge is 2.06. The molecule has 1 N–H and O–H groups in total. The number of hydrogen-bond acceptors (Lipinski definition) is 3. The molecule has 0 saturated heterocycles. The summed E-state index contributed by atoms with van der Waals surface area (Å²) in [6, 6.07) is 2.06. The minimum absolute atomic E-state index is 0.0550. The van der Waals surface area contributed by atoms with Gasteiger partial charge in [0.1, 0.15) is 0 Å². The second kappa shape index (κ2) is 7.58. The first-order chi connectivity index (χ1) is 10.5. The van der Waals surface area contributed by atoms with E-state index in [0.717, 1.165) is 34.5 Å². The number of aromatic nitrogens is 4. The van der Waals surface area contributed by atoms with E-state index in [1.54, 1.807) is 6.20 Å². The van der Waals surface area contributed by atoms with Crippen molar-refractivity contribution in [1.29, 1.82) is 0 Å². The van der Waals surface area contributed by atoms with E-state index >= 15 is 0 Å². The van der Waals surface area contributed by atoms with Crippen LogP contribution >= 0.6 is 15.9 Å².